The summed E-state index contributed by atoms with van der Waals surface area (Å²) in [6.45, 7) is 5.02. The van der Waals surface area contributed by atoms with Crippen LogP contribution in [0.25, 0.3) is 0 Å². The summed E-state index contributed by atoms with van der Waals surface area (Å²) in [6, 6.07) is 0.105. The van der Waals surface area contributed by atoms with Gasteiger partial charge in [-0.1, -0.05) is 5.16 Å². The molecule has 4 heteroatoms. The molecule has 0 fully saturated rings. The van der Waals surface area contributed by atoms with Crippen LogP contribution in [-0.4, -0.2) is 30.1 Å². The Balaban J connectivity index is 3.51. The zero-order valence-corrected chi connectivity index (χ0v) is 6.46. The van der Waals surface area contributed by atoms with Gasteiger partial charge in [0.15, 0.2) is 0 Å². The van der Waals surface area contributed by atoms with Gasteiger partial charge in [-0.25, -0.2) is 0 Å². The van der Waals surface area contributed by atoms with Crippen LogP contribution < -0.4 is 11.1 Å². The molecule has 0 amide bonds. The standard InChI is InChI=1S/C6H15N3O/c1-5(6(2)9-10)8-4-3-7/h5,8,10H,3-4,7H2,1-2H3. The van der Waals surface area contributed by atoms with E-state index in [0.29, 0.717) is 12.3 Å². The molecule has 4 nitrogen and oxygen atoms in total. The number of hydrogen-bond acceptors (Lipinski definition) is 4. The Bertz CT molecular complexity index is 114. The van der Waals surface area contributed by atoms with Crippen molar-refractivity contribution in [2.24, 2.45) is 10.9 Å². The maximum atomic E-state index is 8.32. The van der Waals surface area contributed by atoms with Crippen molar-refractivity contribution in [1.82, 2.24) is 5.32 Å². The molecular weight excluding hydrogens is 130 g/mol. The molecule has 0 rings (SSSR count). The molecule has 0 aromatic carbocycles. The summed E-state index contributed by atoms with van der Waals surface area (Å²) in [5, 5.41) is 14.4. The number of rotatable bonds is 4. The number of hydrogen-bond donors (Lipinski definition) is 3. The molecule has 1 unspecified atom stereocenters. The molecule has 0 aliphatic carbocycles. The third-order valence-electron chi connectivity index (χ3n) is 1.38. The zero-order valence-electron chi connectivity index (χ0n) is 6.46. The van der Waals surface area contributed by atoms with E-state index in [9.17, 15) is 0 Å². The van der Waals surface area contributed by atoms with Gasteiger partial charge < -0.3 is 16.3 Å². The van der Waals surface area contributed by atoms with E-state index in [-0.39, 0.29) is 6.04 Å². The predicted molar refractivity (Wildman–Crippen MR) is 41.4 cm³/mol. The van der Waals surface area contributed by atoms with Gasteiger partial charge in [-0.3, -0.25) is 0 Å². The Hall–Kier alpha value is -0.610. The lowest BCUT2D eigenvalue weighted by molar-refractivity contribution is 0.315. The molecule has 0 aliphatic rings. The molecule has 4 N–H and O–H groups in total. The first-order valence-corrected chi connectivity index (χ1v) is 3.34. The van der Waals surface area contributed by atoms with Gasteiger partial charge in [0.1, 0.15) is 0 Å². The average molecular weight is 145 g/mol. The molecule has 0 saturated heterocycles. The highest BCUT2D eigenvalue weighted by Gasteiger charge is 2.02. The third kappa shape index (κ3) is 3.42. The molecule has 0 saturated carbocycles. The van der Waals surface area contributed by atoms with Crippen LogP contribution in [0.2, 0.25) is 0 Å². The van der Waals surface area contributed by atoms with E-state index in [4.69, 9.17) is 10.9 Å². The van der Waals surface area contributed by atoms with Crippen molar-refractivity contribution < 1.29 is 5.21 Å². The number of nitrogens with two attached hydrogens (primary N) is 1. The van der Waals surface area contributed by atoms with E-state index in [1.165, 1.54) is 0 Å². The zero-order chi connectivity index (χ0) is 7.98. The molecular formula is C6H15N3O. The van der Waals surface area contributed by atoms with Gasteiger partial charge in [0.05, 0.1) is 5.71 Å². The molecule has 0 aromatic heterocycles. The summed E-state index contributed by atoms with van der Waals surface area (Å²) in [4.78, 5) is 0. The van der Waals surface area contributed by atoms with Crippen molar-refractivity contribution in [3.8, 4) is 0 Å². The fourth-order valence-electron chi connectivity index (χ4n) is 0.534. The van der Waals surface area contributed by atoms with Gasteiger partial charge in [-0.05, 0) is 13.8 Å². The lowest BCUT2D eigenvalue weighted by atomic mass is 10.2. The van der Waals surface area contributed by atoms with Gasteiger partial charge in [0, 0.05) is 19.1 Å². The third-order valence-corrected chi connectivity index (χ3v) is 1.38. The Morgan fingerprint density at radius 1 is 1.80 bits per heavy atom. The summed E-state index contributed by atoms with van der Waals surface area (Å²) >= 11 is 0. The van der Waals surface area contributed by atoms with E-state index < -0.39 is 0 Å². The van der Waals surface area contributed by atoms with Crippen LogP contribution in [0.5, 0.6) is 0 Å². The maximum Gasteiger partial charge on any atom is 0.0706 e. The quantitative estimate of drug-likeness (QED) is 0.291. The van der Waals surface area contributed by atoms with Crippen molar-refractivity contribution in [2.75, 3.05) is 13.1 Å². The predicted octanol–water partition coefficient (Wildman–Crippen LogP) is -0.227. The van der Waals surface area contributed by atoms with Crippen LogP contribution in [0.4, 0.5) is 0 Å². The lowest BCUT2D eigenvalue weighted by Gasteiger charge is -2.10. The van der Waals surface area contributed by atoms with E-state index in [1.54, 1.807) is 6.92 Å². The topological polar surface area (TPSA) is 70.6 Å². The van der Waals surface area contributed by atoms with Crippen LogP contribution >= 0.6 is 0 Å². The first kappa shape index (κ1) is 9.39. The largest absolute Gasteiger partial charge is 0.411 e. The maximum absolute atomic E-state index is 8.32. The molecule has 0 aliphatic heterocycles. The van der Waals surface area contributed by atoms with Crippen LogP contribution in [-0.2, 0) is 0 Å². The van der Waals surface area contributed by atoms with E-state index >= 15 is 0 Å². The van der Waals surface area contributed by atoms with Crippen LogP contribution in [0, 0.1) is 0 Å². The minimum absolute atomic E-state index is 0.105. The van der Waals surface area contributed by atoms with Crippen molar-refractivity contribution in [1.29, 1.82) is 0 Å². The molecule has 10 heavy (non-hydrogen) atoms. The lowest BCUT2D eigenvalue weighted by Crippen LogP contribution is -2.35. The molecule has 60 valence electrons. The fourth-order valence-corrected chi connectivity index (χ4v) is 0.534. The second kappa shape index (κ2) is 5.20. The van der Waals surface area contributed by atoms with Crippen molar-refractivity contribution in [2.45, 2.75) is 19.9 Å². The highest BCUT2D eigenvalue weighted by Crippen LogP contribution is 1.84. The smallest absolute Gasteiger partial charge is 0.0706 e. The summed E-state index contributed by atoms with van der Waals surface area (Å²) in [7, 11) is 0. The second-order valence-electron chi connectivity index (χ2n) is 2.21. The SMILES string of the molecule is CC(=NO)C(C)NCCN. The summed E-state index contributed by atoms with van der Waals surface area (Å²) in [5.74, 6) is 0. The first-order chi connectivity index (χ1) is 4.72. The summed E-state index contributed by atoms with van der Waals surface area (Å²) in [6.07, 6.45) is 0. The fraction of sp³-hybridized carbons (Fsp3) is 0.833. The van der Waals surface area contributed by atoms with Gasteiger partial charge in [-0.15, -0.1) is 0 Å². The Morgan fingerprint density at radius 2 is 2.40 bits per heavy atom. The van der Waals surface area contributed by atoms with Crippen molar-refractivity contribution >= 4 is 5.71 Å². The van der Waals surface area contributed by atoms with Crippen molar-refractivity contribution in [3.05, 3.63) is 0 Å². The van der Waals surface area contributed by atoms with Gasteiger partial charge in [0.25, 0.3) is 0 Å². The highest BCUT2D eigenvalue weighted by atomic mass is 16.4. The van der Waals surface area contributed by atoms with E-state index in [0.717, 1.165) is 6.54 Å². The van der Waals surface area contributed by atoms with E-state index in [2.05, 4.69) is 10.5 Å². The Kier molecular flexibility index (Phi) is 4.88. The summed E-state index contributed by atoms with van der Waals surface area (Å²) < 4.78 is 0. The minimum atomic E-state index is 0.105. The number of nitrogens with one attached hydrogen (secondary N) is 1. The number of oxime groups is 1. The summed E-state index contributed by atoms with van der Waals surface area (Å²) in [5.41, 5.74) is 5.93. The minimum Gasteiger partial charge on any atom is -0.411 e. The molecule has 0 bridgehead atoms. The van der Waals surface area contributed by atoms with Crippen LogP contribution in [0.15, 0.2) is 5.16 Å². The van der Waals surface area contributed by atoms with Gasteiger partial charge >= 0.3 is 0 Å². The molecule has 0 spiro atoms. The molecule has 0 heterocycles. The van der Waals surface area contributed by atoms with Crippen molar-refractivity contribution in [3.63, 3.8) is 0 Å². The normalized spacial score (nSPS) is 15.3. The van der Waals surface area contributed by atoms with Gasteiger partial charge in [-0.2, -0.15) is 0 Å². The monoisotopic (exact) mass is 145 g/mol. The second-order valence-corrected chi connectivity index (χ2v) is 2.21. The van der Waals surface area contributed by atoms with Crippen LogP contribution in [0.3, 0.4) is 0 Å². The Labute approximate surface area is 61.1 Å². The van der Waals surface area contributed by atoms with Crippen LogP contribution in [0.1, 0.15) is 13.8 Å². The van der Waals surface area contributed by atoms with Gasteiger partial charge in [0.2, 0.25) is 0 Å². The molecule has 0 aromatic rings. The molecule has 1 atom stereocenters. The Morgan fingerprint density at radius 3 is 2.80 bits per heavy atom. The highest BCUT2D eigenvalue weighted by molar-refractivity contribution is 5.86. The van der Waals surface area contributed by atoms with E-state index in [1.807, 2.05) is 6.92 Å². The molecule has 0 radical (unpaired) electrons. The average Bonchev–Trinajstić information content (AvgIpc) is 1.98. The first-order valence-electron chi connectivity index (χ1n) is 3.34. The number of nitrogens with zero attached hydrogens (tertiary/aromatic N) is 1.